The molecule has 0 bridgehead atoms. The third-order valence-electron chi connectivity index (χ3n) is 3.91. The van der Waals surface area contributed by atoms with E-state index < -0.39 is 5.60 Å². The Morgan fingerprint density at radius 1 is 1.15 bits per heavy atom. The number of hydrogen-bond acceptors (Lipinski definition) is 4. The number of benzene rings is 1. The highest BCUT2D eigenvalue weighted by molar-refractivity contribution is 5.89. The van der Waals surface area contributed by atoms with E-state index >= 15 is 0 Å². The van der Waals surface area contributed by atoms with Crippen LogP contribution >= 0.6 is 0 Å². The Morgan fingerprint density at radius 3 is 2.31 bits per heavy atom. The molecule has 144 valence electrons. The summed E-state index contributed by atoms with van der Waals surface area (Å²) in [6, 6.07) is 7.03. The molecule has 26 heavy (non-hydrogen) atoms. The molecule has 1 saturated heterocycles. The number of urea groups is 1. The zero-order chi connectivity index (χ0) is 19.2. The maximum absolute atomic E-state index is 12.1. The molecule has 1 aliphatic rings. The minimum atomic E-state index is -0.496. The van der Waals surface area contributed by atoms with Gasteiger partial charge in [-0.25, -0.2) is 9.59 Å². The third-order valence-corrected chi connectivity index (χ3v) is 3.91. The summed E-state index contributed by atoms with van der Waals surface area (Å²) in [5, 5.41) is 5.77. The molecule has 1 aliphatic heterocycles. The number of nitrogens with zero attached hydrogens (tertiary/aromatic N) is 1. The first-order chi connectivity index (χ1) is 12.3. The fourth-order valence-corrected chi connectivity index (χ4v) is 2.69. The summed E-state index contributed by atoms with van der Waals surface area (Å²) in [6.07, 6.45) is 1.11. The van der Waals surface area contributed by atoms with Crippen molar-refractivity contribution >= 4 is 17.8 Å². The van der Waals surface area contributed by atoms with Crippen LogP contribution in [0.4, 0.5) is 15.3 Å². The third kappa shape index (κ3) is 6.46. The van der Waals surface area contributed by atoms with Crippen LogP contribution in [0.2, 0.25) is 0 Å². The van der Waals surface area contributed by atoms with Gasteiger partial charge >= 0.3 is 12.1 Å². The number of rotatable bonds is 4. The van der Waals surface area contributed by atoms with Gasteiger partial charge in [0.1, 0.15) is 11.4 Å². The molecular weight excluding hydrogens is 334 g/mol. The van der Waals surface area contributed by atoms with Gasteiger partial charge in [0.05, 0.1) is 6.61 Å². The Bertz CT molecular complexity index is 602. The average molecular weight is 363 g/mol. The largest absolute Gasteiger partial charge is 0.494 e. The van der Waals surface area contributed by atoms with Crippen LogP contribution in [0, 0.1) is 0 Å². The fourth-order valence-electron chi connectivity index (χ4n) is 2.69. The molecule has 1 fully saturated rings. The molecule has 0 saturated carbocycles. The Balaban J connectivity index is 1.74. The van der Waals surface area contributed by atoms with Crippen molar-refractivity contribution in [1.29, 1.82) is 0 Å². The summed E-state index contributed by atoms with van der Waals surface area (Å²) in [5.41, 5.74) is 0.209. The van der Waals surface area contributed by atoms with Crippen molar-refractivity contribution in [1.82, 2.24) is 10.2 Å². The summed E-state index contributed by atoms with van der Waals surface area (Å²) in [6.45, 7) is 9.23. The van der Waals surface area contributed by atoms with Gasteiger partial charge in [-0.3, -0.25) is 0 Å². The molecular formula is C19H29N3O4. The van der Waals surface area contributed by atoms with E-state index in [0.29, 0.717) is 38.2 Å². The number of anilines is 1. The molecule has 1 heterocycles. The molecule has 2 rings (SSSR count). The summed E-state index contributed by atoms with van der Waals surface area (Å²) >= 11 is 0. The molecule has 1 aromatic carbocycles. The first-order valence-corrected chi connectivity index (χ1v) is 9.05. The van der Waals surface area contributed by atoms with Gasteiger partial charge in [0.25, 0.3) is 0 Å². The SMILES string of the molecule is CCOc1ccc(NC(=O)NC2CCN(C(=O)OC(C)(C)C)CC2)cc1. The highest BCUT2D eigenvalue weighted by Crippen LogP contribution is 2.17. The lowest BCUT2D eigenvalue weighted by Crippen LogP contribution is -2.48. The predicted molar refractivity (Wildman–Crippen MR) is 101 cm³/mol. The highest BCUT2D eigenvalue weighted by Gasteiger charge is 2.27. The molecule has 3 amide bonds. The lowest BCUT2D eigenvalue weighted by atomic mass is 10.1. The van der Waals surface area contributed by atoms with Crippen LogP contribution < -0.4 is 15.4 Å². The summed E-state index contributed by atoms with van der Waals surface area (Å²) in [7, 11) is 0. The highest BCUT2D eigenvalue weighted by atomic mass is 16.6. The molecule has 2 N–H and O–H groups in total. The minimum Gasteiger partial charge on any atom is -0.494 e. The van der Waals surface area contributed by atoms with Crippen LogP contribution in [0.25, 0.3) is 0 Å². The van der Waals surface area contributed by atoms with Gasteiger partial charge in [-0.05, 0) is 64.8 Å². The van der Waals surface area contributed by atoms with Crippen molar-refractivity contribution in [2.24, 2.45) is 0 Å². The van der Waals surface area contributed by atoms with Crippen LogP contribution in [0.3, 0.4) is 0 Å². The van der Waals surface area contributed by atoms with Gasteiger partial charge in [0.15, 0.2) is 0 Å². The van der Waals surface area contributed by atoms with E-state index in [0.717, 1.165) is 5.75 Å². The van der Waals surface area contributed by atoms with E-state index in [1.807, 2.05) is 39.8 Å². The minimum absolute atomic E-state index is 0.0383. The quantitative estimate of drug-likeness (QED) is 0.856. The zero-order valence-corrected chi connectivity index (χ0v) is 16.0. The number of nitrogens with one attached hydrogen (secondary N) is 2. The van der Waals surface area contributed by atoms with E-state index in [1.54, 1.807) is 17.0 Å². The Morgan fingerprint density at radius 2 is 1.77 bits per heavy atom. The molecule has 7 heteroatoms. The second-order valence-corrected chi connectivity index (χ2v) is 7.30. The van der Waals surface area contributed by atoms with Crippen LogP contribution in [-0.4, -0.2) is 48.4 Å². The van der Waals surface area contributed by atoms with Gasteiger partial charge in [0, 0.05) is 24.8 Å². The number of hydrogen-bond donors (Lipinski definition) is 2. The van der Waals surface area contributed by atoms with Crippen LogP contribution in [0.5, 0.6) is 5.75 Å². The summed E-state index contributed by atoms with van der Waals surface area (Å²) in [5.74, 6) is 0.771. The van der Waals surface area contributed by atoms with Crippen LogP contribution in [-0.2, 0) is 4.74 Å². The lowest BCUT2D eigenvalue weighted by Gasteiger charge is -2.33. The number of carbonyl (C=O) groups excluding carboxylic acids is 2. The Hall–Kier alpha value is -2.44. The first kappa shape index (κ1) is 19.9. The molecule has 0 aliphatic carbocycles. The maximum Gasteiger partial charge on any atom is 0.410 e. The van der Waals surface area contributed by atoms with Crippen LogP contribution in [0.1, 0.15) is 40.5 Å². The normalized spacial score (nSPS) is 15.3. The topological polar surface area (TPSA) is 79.9 Å². The molecule has 0 radical (unpaired) electrons. The van der Waals surface area contributed by atoms with Gasteiger partial charge in [-0.15, -0.1) is 0 Å². The molecule has 1 aromatic rings. The number of piperidine rings is 1. The predicted octanol–water partition coefficient (Wildman–Crippen LogP) is 3.61. The van der Waals surface area contributed by atoms with Gasteiger partial charge in [0.2, 0.25) is 0 Å². The first-order valence-electron chi connectivity index (χ1n) is 9.05. The molecule has 0 spiro atoms. The van der Waals surface area contributed by atoms with Gasteiger partial charge in [-0.2, -0.15) is 0 Å². The Labute approximate surface area is 155 Å². The van der Waals surface area contributed by atoms with Gasteiger partial charge in [-0.1, -0.05) is 0 Å². The second kappa shape index (κ2) is 8.78. The molecule has 7 nitrogen and oxygen atoms in total. The maximum atomic E-state index is 12.1. The van der Waals surface area contributed by atoms with Crippen molar-refractivity contribution in [2.45, 2.75) is 52.2 Å². The van der Waals surface area contributed by atoms with Crippen molar-refractivity contribution in [3.63, 3.8) is 0 Å². The van der Waals surface area contributed by atoms with Crippen molar-refractivity contribution in [3.8, 4) is 5.75 Å². The average Bonchev–Trinajstić information content (AvgIpc) is 2.56. The van der Waals surface area contributed by atoms with E-state index in [1.165, 1.54) is 0 Å². The standard InChI is InChI=1S/C19H29N3O4/c1-5-25-16-8-6-14(7-9-16)20-17(23)21-15-10-12-22(13-11-15)18(24)26-19(2,3)4/h6-9,15H,5,10-13H2,1-4H3,(H2,20,21,23). The number of likely N-dealkylation sites (tertiary alicyclic amines) is 1. The van der Waals surface area contributed by atoms with E-state index in [2.05, 4.69) is 10.6 Å². The second-order valence-electron chi connectivity index (χ2n) is 7.30. The van der Waals surface area contributed by atoms with Crippen molar-refractivity contribution < 1.29 is 19.1 Å². The Kier molecular flexibility index (Phi) is 6.71. The summed E-state index contributed by atoms with van der Waals surface area (Å²) in [4.78, 5) is 25.9. The van der Waals surface area contributed by atoms with E-state index in [-0.39, 0.29) is 18.2 Å². The van der Waals surface area contributed by atoms with Crippen LogP contribution in [0.15, 0.2) is 24.3 Å². The smallest absolute Gasteiger partial charge is 0.410 e. The van der Waals surface area contributed by atoms with Crippen molar-refractivity contribution in [3.05, 3.63) is 24.3 Å². The number of carbonyl (C=O) groups is 2. The monoisotopic (exact) mass is 363 g/mol. The fraction of sp³-hybridized carbons (Fsp3) is 0.579. The zero-order valence-electron chi connectivity index (χ0n) is 16.0. The van der Waals surface area contributed by atoms with Gasteiger partial charge < -0.3 is 25.0 Å². The molecule has 0 unspecified atom stereocenters. The number of amides is 3. The van der Waals surface area contributed by atoms with E-state index in [4.69, 9.17) is 9.47 Å². The van der Waals surface area contributed by atoms with Crippen molar-refractivity contribution in [2.75, 3.05) is 25.0 Å². The van der Waals surface area contributed by atoms with E-state index in [9.17, 15) is 9.59 Å². The lowest BCUT2D eigenvalue weighted by molar-refractivity contribution is 0.0202. The summed E-state index contributed by atoms with van der Waals surface area (Å²) < 4.78 is 10.8. The number of ether oxygens (including phenoxy) is 2. The molecule has 0 atom stereocenters. The molecule has 0 aromatic heterocycles.